The zero-order chi connectivity index (χ0) is 15.4. The molecule has 0 amide bonds. The molecule has 0 atom stereocenters. The van der Waals surface area contributed by atoms with Crippen molar-refractivity contribution < 1.29 is 4.57 Å². The molecular weight excluding hydrogens is 266 g/mol. The average molecular weight is 286 g/mol. The van der Waals surface area contributed by atoms with E-state index in [4.69, 9.17) is 0 Å². The largest absolute Gasteiger partial charge is 0.221 e. The third-order valence-corrected chi connectivity index (χ3v) is 5.09. The number of rotatable bonds is 0. The normalized spacial score (nSPS) is 11.6. The van der Waals surface area contributed by atoms with Crippen molar-refractivity contribution >= 4 is 32.4 Å². The van der Waals surface area contributed by atoms with Gasteiger partial charge in [0.15, 0.2) is 5.69 Å². The summed E-state index contributed by atoms with van der Waals surface area (Å²) in [6, 6.07) is 17.8. The van der Waals surface area contributed by atoms with Crippen LogP contribution in [0.15, 0.2) is 48.5 Å². The Morgan fingerprint density at radius 3 is 2.05 bits per heavy atom. The van der Waals surface area contributed by atoms with Gasteiger partial charge in [-0.1, -0.05) is 36.4 Å². The highest BCUT2D eigenvalue weighted by Gasteiger charge is 2.18. The van der Waals surface area contributed by atoms with Crippen molar-refractivity contribution in [2.24, 2.45) is 7.05 Å². The molecule has 0 aliphatic carbocycles. The van der Waals surface area contributed by atoms with Crippen LogP contribution >= 0.6 is 0 Å². The maximum Gasteiger partial charge on any atom is 0.221 e. The Bertz CT molecular complexity index is 972. The molecule has 0 unspecified atom stereocenters. The Balaban J connectivity index is 2.48. The van der Waals surface area contributed by atoms with E-state index in [2.05, 4.69) is 80.9 Å². The molecule has 1 heteroatoms. The van der Waals surface area contributed by atoms with E-state index in [0.29, 0.717) is 0 Å². The second-order valence-corrected chi connectivity index (χ2v) is 6.27. The summed E-state index contributed by atoms with van der Waals surface area (Å²) in [5.74, 6) is 0. The summed E-state index contributed by atoms with van der Waals surface area (Å²) < 4.78 is 2.33. The van der Waals surface area contributed by atoms with Crippen molar-refractivity contribution in [3.05, 3.63) is 65.4 Å². The molecule has 1 heterocycles. The standard InChI is InChI=1S/C21H20N/c1-13-9-11-18-16-7-5-6-8-17(16)19-12-10-14(2)22(4)21(19)20(18)15(13)3/h5-12H,1-4H3/q+1. The third-order valence-electron chi connectivity index (χ3n) is 5.09. The molecular formula is C21H20N+. The lowest BCUT2D eigenvalue weighted by Crippen LogP contribution is -2.33. The summed E-state index contributed by atoms with van der Waals surface area (Å²) in [5.41, 5.74) is 5.36. The average Bonchev–Trinajstić information content (AvgIpc) is 2.54. The molecule has 0 bridgehead atoms. The molecule has 0 saturated heterocycles. The van der Waals surface area contributed by atoms with E-state index in [0.717, 1.165) is 0 Å². The fraction of sp³-hybridized carbons (Fsp3) is 0.190. The van der Waals surface area contributed by atoms with Gasteiger partial charge in [-0.2, -0.15) is 4.57 Å². The number of aromatic nitrogens is 1. The van der Waals surface area contributed by atoms with Gasteiger partial charge in [0.1, 0.15) is 7.05 Å². The predicted octanol–water partition coefficient (Wildman–Crippen LogP) is 4.90. The van der Waals surface area contributed by atoms with E-state index < -0.39 is 0 Å². The van der Waals surface area contributed by atoms with Gasteiger partial charge in [0, 0.05) is 13.0 Å². The molecule has 1 nitrogen and oxygen atoms in total. The number of aryl methyl sites for hydroxylation is 4. The second-order valence-electron chi connectivity index (χ2n) is 6.27. The van der Waals surface area contributed by atoms with Crippen molar-refractivity contribution in [1.29, 1.82) is 0 Å². The zero-order valence-electron chi connectivity index (χ0n) is 13.6. The molecule has 0 spiro atoms. The number of fused-ring (bicyclic) bond motifs is 6. The lowest BCUT2D eigenvalue weighted by Gasteiger charge is -2.12. The van der Waals surface area contributed by atoms with Gasteiger partial charge in [-0.05, 0) is 47.2 Å². The summed E-state index contributed by atoms with van der Waals surface area (Å²) in [6.45, 7) is 6.62. The molecule has 0 aliphatic rings. The van der Waals surface area contributed by atoms with Crippen LogP contribution in [0.4, 0.5) is 0 Å². The van der Waals surface area contributed by atoms with E-state index in [1.54, 1.807) is 0 Å². The Hall–Kier alpha value is -2.41. The molecule has 0 aliphatic heterocycles. The minimum atomic E-state index is 1.28. The molecule has 0 saturated carbocycles. The fourth-order valence-corrected chi connectivity index (χ4v) is 3.57. The molecule has 4 rings (SSSR count). The van der Waals surface area contributed by atoms with E-state index in [1.165, 1.54) is 49.3 Å². The van der Waals surface area contributed by atoms with Crippen LogP contribution in [0.1, 0.15) is 16.8 Å². The Kier molecular flexibility index (Phi) is 2.74. The topological polar surface area (TPSA) is 3.88 Å². The Morgan fingerprint density at radius 2 is 1.32 bits per heavy atom. The van der Waals surface area contributed by atoms with Crippen LogP contribution < -0.4 is 4.57 Å². The van der Waals surface area contributed by atoms with Gasteiger partial charge in [-0.15, -0.1) is 0 Å². The van der Waals surface area contributed by atoms with Gasteiger partial charge in [0.2, 0.25) is 5.52 Å². The van der Waals surface area contributed by atoms with Gasteiger partial charge in [-0.25, -0.2) is 0 Å². The third kappa shape index (κ3) is 1.62. The summed E-state index contributed by atoms with van der Waals surface area (Å²) in [6.07, 6.45) is 0. The highest BCUT2D eigenvalue weighted by Crippen LogP contribution is 2.35. The SMILES string of the molecule is Cc1ccc2c3ccccc3c3ccc(C)[n+](C)c3c2c1C. The van der Waals surface area contributed by atoms with Crippen LogP contribution in [0.25, 0.3) is 32.4 Å². The van der Waals surface area contributed by atoms with Crippen LogP contribution in [0.3, 0.4) is 0 Å². The van der Waals surface area contributed by atoms with E-state index >= 15 is 0 Å². The van der Waals surface area contributed by atoms with Crippen LogP contribution in [0.2, 0.25) is 0 Å². The molecule has 22 heavy (non-hydrogen) atoms. The van der Waals surface area contributed by atoms with Crippen molar-refractivity contribution in [3.8, 4) is 0 Å². The molecule has 108 valence electrons. The second kappa shape index (κ2) is 4.54. The molecule has 0 radical (unpaired) electrons. The highest BCUT2D eigenvalue weighted by molar-refractivity contribution is 6.24. The van der Waals surface area contributed by atoms with E-state index in [9.17, 15) is 0 Å². The first-order valence-corrected chi connectivity index (χ1v) is 7.79. The zero-order valence-corrected chi connectivity index (χ0v) is 13.6. The van der Waals surface area contributed by atoms with E-state index in [1.807, 2.05) is 0 Å². The van der Waals surface area contributed by atoms with Gasteiger partial charge in [0.25, 0.3) is 0 Å². The number of pyridine rings is 1. The molecule has 0 fully saturated rings. The lowest BCUT2D eigenvalue weighted by atomic mass is 9.92. The van der Waals surface area contributed by atoms with Gasteiger partial charge >= 0.3 is 0 Å². The van der Waals surface area contributed by atoms with Crippen molar-refractivity contribution in [2.45, 2.75) is 20.8 Å². The Labute approximate surface area is 130 Å². The number of benzene rings is 3. The maximum absolute atomic E-state index is 2.33. The first-order chi connectivity index (χ1) is 10.6. The first-order valence-electron chi connectivity index (χ1n) is 7.79. The number of nitrogens with zero attached hydrogens (tertiary/aromatic N) is 1. The minimum Gasteiger partial charge on any atom is -0.198 e. The van der Waals surface area contributed by atoms with Crippen molar-refractivity contribution in [2.75, 3.05) is 0 Å². The molecule has 1 aromatic heterocycles. The van der Waals surface area contributed by atoms with Crippen LogP contribution in [-0.2, 0) is 7.05 Å². The number of hydrogen-bond acceptors (Lipinski definition) is 0. The summed E-state index contributed by atoms with van der Waals surface area (Å²) in [5, 5.41) is 6.76. The van der Waals surface area contributed by atoms with Crippen LogP contribution in [-0.4, -0.2) is 0 Å². The minimum absolute atomic E-state index is 1.28. The first kappa shape index (κ1) is 13.3. The van der Waals surface area contributed by atoms with Crippen LogP contribution in [0.5, 0.6) is 0 Å². The van der Waals surface area contributed by atoms with Crippen LogP contribution in [0, 0.1) is 20.8 Å². The summed E-state index contributed by atoms with van der Waals surface area (Å²) >= 11 is 0. The smallest absolute Gasteiger partial charge is 0.198 e. The summed E-state index contributed by atoms with van der Waals surface area (Å²) in [7, 11) is 2.17. The van der Waals surface area contributed by atoms with Crippen molar-refractivity contribution in [3.63, 3.8) is 0 Å². The van der Waals surface area contributed by atoms with Gasteiger partial charge in [0.05, 0.1) is 10.8 Å². The predicted molar refractivity (Wildman–Crippen MR) is 94.3 cm³/mol. The quantitative estimate of drug-likeness (QED) is 0.320. The maximum atomic E-state index is 2.33. The number of hydrogen-bond donors (Lipinski definition) is 0. The fourth-order valence-electron chi connectivity index (χ4n) is 3.57. The Morgan fingerprint density at radius 1 is 0.682 bits per heavy atom. The summed E-state index contributed by atoms with van der Waals surface area (Å²) in [4.78, 5) is 0. The van der Waals surface area contributed by atoms with Gasteiger partial charge < -0.3 is 0 Å². The van der Waals surface area contributed by atoms with Gasteiger partial charge in [-0.3, -0.25) is 0 Å². The van der Waals surface area contributed by atoms with E-state index in [-0.39, 0.29) is 0 Å². The molecule has 4 aromatic rings. The molecule has 0 N–H and O–H groups in total. The van der Waals surface area contributed by atoms with Crippen molar-refractivity contribution in [1.82, 2.24) is 0 Å². The lowest BCUT2D eigenvalue weighted by molar-refractivity contribution is -0.650. The monoisotopic (exact) mass is 286 g/mol. The highest BCUT2D eigenvalue weighted by atomic mass is 14.9. The molecule has 3 aromatic carbocycles.